The zero-order chi connectivity index (χ0) is 20.7. The number of hydrogen-bond acceptors (Lipinski definition) is 5. The summed E-state index contributed by atoms with van der Waals surface area (Å²) < 4.78 is 5.61. The average molecular weight is 560 g/mol. The zero-order valence-corrected chi connectivity index (χ0v) is 21.9. The Morgan fingerprint density at radius 1 is 1.10 bits per heavy atom. The topological polar surface area (TPSA) is 43.3 Å². The molecule has 174 valence electrons. The highest BCUT2D eigenvalue weighted by Crippen LogP contribution is 2.34. The van der Waals surface area contributed by atoms with Crippen LogP contribution < -0.4 is 5.32 Å². The normalized spacial score (nSPS) is 26.0. The summed E-state index contributed by atoms with van der Waals surface area (Å²) in [5.41, 5.74) is 1.61. The molecule has 1 aromatic rings. The van der Waals surface area contributed by atoms with Gasteiger partial charge in [0.2, 0.25) is 0 Å². The van der Waals surface area contributed by atoms with Crippen molar-refractivity contribution >= 4 is 41.7 Å². The van der Waals surface area contributed by atoms with Gasteiger partial charge in [0, 0.05) is 58.1 Å². The SMILES string of the molecule is CCNC(=NCC1(N2CCOCC2)CCSC1)N1CCN(Cc2ccccc2)CC1.I. The minimum atomic E-state index is 0. The number of nitrogens with zero attached hydrogens (tertiary/aromatic N) is 4. The zero-order valence-electron chi connectivity index (χ0n) is 18.8. The highest BCUT2D eigenvalue weighted by molar-refractivity contribution is 14.0. The van der Waals surface area contributed by atoms with Gasteiger partial charge in [0.25, 0.3) is 0 Å². The monoisotopic (exact) mass is 559 g/mol. The highest BCUT2D eigenvalue weighted by atomic mass is 127. The van der Waals surface area contributed by atoms with Gasteiger partial charge in [-0.1, -0.05) is 30.3 Å². The van der Waals surface area contributed by atoms with E-state index < -0.39 is 0 Å². The number of aliphatic imine (C=N–C) groups is 1. The van der Waals surface area contributed by atoms with Gasteiger partial charge in [0.05, 0.1) is 25.3 Å². The molecule has 3 fully saturated rings. The highest BCUT2D eigenvalue weighted by Gasteiger charge is 2.40. The van der Waals surface area contributed by atoms with Crippen LogP contribution in [-0.2, 0) is 11.3 Å². The first-order chi connectivity index (χ1) is 14.8. The van der Waals surface area contributed by atoms with Crippen LogP contribution in [0.4, 0.5) is 0 Å². The molecule has 3 saturated heterocycles. The van der Waals surface area contributed by atoms with E-state index in [2.05, 4.69) is 69.0 Å². The van der Waals surface area contributed by atoms with Gasteiger partial charge in [0.1, 0.15) is 0 Å². The third kappa shape index (κ3) is 6.72. The summed E-state index contributed by atoms with van der Waals surface area (Å²) in [4.78, 5) is 12.9. The number of nitrogens with one attached hydrogen (secondary N) is 1. The lowest BCUT2D eigenvalue weighted by Crippen LogP contribution is -2.57. The second kappa shape index (κ2) is 12.6. The van der Waals surface area contributed by atoms with Crippen molar-refractivity contribution in [3.05, 3.63) is 35.9 Å². The first-order valence-electron chi connectivity index (χ1n) is 11.5. The summed E-state index contributed by atoms with van der Waals surface area (Å²) in [7, 11) is 0. The second-order valence-corrected chi connectivity index (χ2v) is 9.65. The van der Waals surface area contributed by atoms with Crippen LogP contribution >= 0.6 is 35.7 Å². The van der Waals surface area contributed by atoms with E-state index in [1.807, 2.05) is 0 Å². The summed E-state index contributed by atoms with van der Waals surface area (Å²) in [5, 5.41) is 3.57. The van der Waals surface area contributed by atoms with Crippen LogP contribution in [0, 0.1) is 0 Å². The lowest BCUT2D eigenvalue weighted by Gasteiger charge is -2.42. The van der Waals surface area contributed by atoms with E-state index in [1.54, 1.807) is 0 Å². The lowest BCUT2D eigenvalue weighted by atomic mass is 9.96. The minimum absolute atomic E-state index is 0. The first-order valence-corrected chi connectivity index (χ1v) is 12.6. The number of ether oxygens (including phenoxy) is 1. The van der Waals surface area contributed by atoms with E-state index in [4.69, 9.17) is 9.73 Å². The minimum Gasteiger partial charge on any atom is -0.379 e. The largest absolute Gasteiger partial charge is 0.379 e. The number of benzene rings is 1. The van der Waals surface area contributed by atoms with Gasteiger partial charge < -0.3 is 15.0 Å². The number of thioether (sulfide) groups is 1. The van der Waals surface area contributed by atoms with Crippen molar-refractivity contribution in [2.24, 2.45) is 4.99 Å². The van der Waals surface area contributed by atoms with E-state index in [1.165, 1.54) is 23.5 Å². The predicted octanol–water partition coefficient (Wildman–Crippen LogP) is 2.60. The molecule has 0 bridgehead atoms. The Hall–Kier alpha value is -0.550. The van der Waals surface area contributed by atoms with Crippen molar-refractivity contribution in [2.75, 3.05) is 77.1 Å². The summed E-state index contributed by atoms with van der Waals surface area (Å²) in [6, 6.07) is 10.8. The fourth-order valence-electron chi connectivity index (χ4n) is 4.72. The fraction of sp³-hybridized carbons (Fsp3) is 0.696. The van der Waals surface area contributed by atoms with Gasteiger partial charge in [-0.2, -0.15) is 11.8 Å². The second-order valence-electron chi connectivity index (χ2n) is 8.55. The van der Waals surface area contributed by atoms with Gasteiger partial charge in [-0.05, 0) is 24.7 Å². The summed E-state index contributed by atoms with van der Waals surface area (Å²) in [6.07, 6.45) is 1.24. The Balaban J connectivity index is 0.00000272. The molecule has 6 nitrogen and oxygen atoms in total. The maximum Gasteiger partial charge on any atom is 0.194 e. The fourth-order valence-corrected chi connectivity index (χ4v) is 6.18. The molecule has 0 aromatic heterocycles. The molecule has 0 radical (unpaired) electrons. The molecular formula is C23H38IN5OS. The molecule has 0 spiro atoms. The Labute approximate surface area is 209 Å². The quantitative estimate of drug-likeness (QED) is 0.329. The molecular weight excluding hydrogens is 521 g/mol. The van der Waals surface area contributed by atoms with Crippen molar-refractivity contribution in [3.63, 3.8) is 0 Å². The molecule has 3 aliphatic heterocycles. The summed E-state index contributed by atoms with van der Waals surface area (Å²) >= 11 is 2.08. The van der Waals surface area contributed by atoms with Crippen molar-refractivity contribution in [1.82, 2.24) is 20.0 Å². The molecule has 1 atom stereocenters. The molecule has 3 heterocycles. The molecule has 0 amide bonds. The van der Waals surface area contributed by atoms with Crippen molar-refractivity contribution < 1.29 is 4.74 Å². The summed E-state index contributed by atoms with van der Waals surface area (Å²) in [5.74, 6) is 3.55. The Morgan fingerprint density at radius 2 is 1.84 bits per heavy atom. The Kier molecular flexibility index (Phi) is 10.2. The van der Waals surface area contributed by atoms with Crippen LogP contribution in [0.1, 0.15) is 18.9 Å². The van der Waals surface area contributed by atoms with Crippen molar-refractivity contribution in [3.8, 4) is 0 Å². The van der Waals surface area contributed by atoms with E-state index in [0.717, 1.165) is 78.1 Å². The number of guanidine groups is 1. The smallest absolute Gasteiger partial charge is 0.194 e. The number of hydrogen-bond donors (Lipinski definition) is 1. The van der Waals surface area contributed by atoms with Gasteiger partial charge >= 0.3 is 0 Å². The number of halogens is 1. The van der Waals surface area contributed by atoms with Crippen LogP contribution in [0.15, 0.2) is 35.3 Å². The van der Waals surface area contributed by atoms with Crippen molar-refractivity contribution in [1.29, 1.82) is 0 Å². The Morgan fingerprint density at radius 3 is 2.48 bits per heavy atom. The molecule has 8 heteroatoms. The summed E-state index contributed by atoms with van der Waals surface area (Å²) in [6.45, 7) is 13.1. The average Bonchev–Trinajstić information content (AvgIpc) is 3.29. The number of rotatable bonds is 6. The number of morpholine rings is 1. The Bertz CT molecular complexity index is 672. The third-order valence-corrected chi connectivity index (χ3v) is 7.78. The van der Waals surface area contributed by atoms with Crippen LogP contribution in [-0.4, -0.2) is 103 Å². The molecule has 0 saturated carbocycles. The van der Waals surface area contributed by atoms with Gasteiger partial charge in [-0.3, -0.25) is 14.8 Å². The maximum absolute atomic E-state index is 5.61. The van der Waals surface area contributed by atoms with Gasteiger partial charge in [0.15, 0.2) is 5.96 Å². The molecule has 0 aliphatic carbocycles. The molecule has 1 unspecified atom stereocenters. The van der Waals surface area contributed by atoms with Crippen LogP contribution in [0.5, 0.6) is 0 Å². The predicted molar refractivity (Wildman–Crippen MR) is 142 cm³/mol. The molecule has 4 rings (SSSR count). The standard InChI is InChI=1S/C23H37N5OS.HI/c1-2-24-22(25-19-23(8-17-30-20-23)28-13-15-29-16-14-28)27-11-9-26(10-12-27)18-21-6-4-3-5-7-21;/h3-7H,2,8-20H2,1H3,(H,24,25);1H. The van der Waals surface area contributed by atoms with E-state index in [9.17, 15) is 0 Å². The molecule has 1 N–H and O–H groups in total. The molecule has 31 heavy (non-hydrogen) atoms. The molecule has 3 aliphatic rings. The first kappa shape index (κ1) is 25.1. The number of piperazine rings is 1. The van der Waals surface area contributed by atoms with Crippen LogP contribution in [0.2, 0.25) is 0 Å². The van der Waals surface area contributed by atoms with E-state index in [-0.39, 0.29) is 29.5 Å². The van der Waals surface area contributed by atoms with Crippen molar-refractivity contribution in [2.45, 2.75) is 25.4 Å². The molecule has 1 aromatic carbocycles. The van der Waals surface area contributed by atoms with Crippen LogP contribution in [0.3, 0.4) is 0 Å². The lowest BCUT2D eigenvalue weighted by molar-refractivity contribution is -0.0105. The third-order valence-electron chi connectivity index (χ3n) is 6.54. The maximum atomic E-state index is 5.61. The van der Waals surface area contributed by atoms with Gasteiger partial charge in [-0.25, -0.2) is 0 Å². The van der Waals surface area contributed by atoms with E-state index >= 15 is 0 Å². The van der Waals surface area contributed by atoms with Gasteiger partial charge in [-0.15, -0.1) is 24.0 Å². The van der Waals surface area contributed by atoms with E-state index in [0.29, 0.717) is 0 Å². The van der Waals surface area contributed by atoms with Crippen LogP contribution in [0.25, 0.3) is 0 Å².